The molecule has 1 aromatic carbocycles. The first kappa shape index (κ1) is 22.9. The van der Waals surface area contributed by atoms with Gasteiger partial charge in [0, 0.05) is 34.5 Å². The number of hydrogen-bond donors (Lipinski definition) is 1. The average Bonchev–Trinajstić information content (AvgIpc) is 3.46. The van der Waals surface area contributed by atoms with Gasteiger partial charge in [0.05, 0.1) is 17.7 Å². The highest BCUT2D eigenvalue weighted by atomic mass is 16.7. The second kappa shape index (κ2) is 8.94. The van der Waals surface area contributed by atoms with Crippen LogP contribution in [-0.2, 0) is 4.74 Å². The Labute approximate surface area is 197 Å². The largest absolute Gasteiger partial charge is 0.462 e. The number of allylic oxidation sites excluding steroid dienone is 1. The van der Waals surface area contributed by atoms with Crippen LogP contribution < -0.4 is 9.47 Å². The van der Waals surface area contributed by atoms with Crippen LogP contribution in [0.25, 0.3) is 11.8 Å². The Morgan fingerprint density at radius 1 is 1.12 bits per heavy atom. The Balaban J connectivity index is 1.75. The van der Waals surface area contributed by atoms with Crippen LogP contribution in [0.4, 0.5) is 0 Å². The van der Waals surface area contributed by atoms with Gasteiger partial charge in [-0.15, -0.1) is 0 Å². The van der Waals surface area contributed by atoms with E-state index < -0.39 is 11.8 Å². The molecule has 1 N–H and O–H groups in total. The Bertz CT molecular complexity index is 1380. The van der Waals surface area contributed by atoms with Crippen molar-refractivity contribution in [1.82, 2.24) is 9.55 Å². The zero-order chi connectivity index (χ0) is 24.6. The highest BCUT2D eigenvalue weighted by molar-refractivity contribution is 6.19. The van der Waals surface area contributed by atoms with Gasteiger partial charge in [0.25, 0.3) is 0 Å². The molecule has 0 atom stereocenters. The molecule has 0 saturated heterocycles. The maximum atomic E-state index is 13.4. The number of esters is 1. The van der Waals surface area contributed by atoms with Crippen molar-refractivity contribution in [1.29, 1.82) is 5.26 Å². The second-order valence-electron chi connectivity index (χ2n) is 8.04. The summed E-state index contributed by atoms with van der Waals surface area (Å²) in [4.78, 5) is 28.9. The monoisotopic (exact) mass is 459 g/mol. The third-order valence-corrected chi connectivity index (χ3v) is 5.83. The van der Waals surface area contributed by atoms with Crippen molar-refractivity contribution in [3.63, 3.8) is 0 Å². The molecule has 0 unspecified atom stereocenters. The summed E-state index contributed by atoms with van der Waals surface area (Å²) in [5.41, 5.74) is 4.67. The molecule has 0 aliphatic carbocycles. The maximum Gasteiger partial charge on any atom is 0.340 e. The molecule has 0 bridgehead atoms. The first-order valence-electron chi connectivity index (χ1n) is 10.9. The van der Waals surface area contributed by atoms with Crippen molar-refractivity contribution in [3.05, 3.63) is 69.3 Å². The van der Waals surface area contributed by atoms with Gasteiger partial charge in [-0.2, -0.15) is 5.26 Å². The number of H-pyrrole nitrogens is 1. The molecule has 8 nitrogen and oxygen atoms in total. The summed E-state index contributed by atoms with van der Waals surface area (Å²) in [7, 11) is 0. The minimum absolute atomic E-state index is 0.0708. The van der Waals surface area contributed by atoms with Gasteiger partial charge in [-0.25, -0.2) is 4.79 Å². The molecule has 0 saturated carbocycles. The number of nitrogens with zero attached hydrogens (tertiary/aromatic N) is 2. The number of carbonyl (C=O) groups excluding carboxylic acids is 2. The topological polar surface area (TPSA) is 106 Å². The van der Waals surface area contributed by atoms with Gasteiger partial charge in [-0.05, 0) is 64.5 Å². The molecule has 3 aromatic rings. The number of ether oxygens (including phenoxy) is 3. The highest BCUT2D eigenvalue weighted by Crippen LogP contribution is 2.35. The zero-order valence-electron chi connectivity index (χ0n) is 19.7. The molecular formula is C26H25N3O5. The molecule has 0 radical (unpaired) electrons. The number of aryl methyl sites for hydroxylation is 3. The lowest BCUT2D eigenvalue weighted by atomic mass is 9.98. The van der Waals surface area contributed by atoms with Crippen LogP contribution in [0.3, 0.4) is 0 Å². The minimum Gasteiger partial charge on any atom is -0.462 e. The first-order chi connectivity index (χ1) is 16.3. The fourth-order valence-electron chi connectivity index (χ4n) is 4.32. The molecule has 0 spiro atoms. The number of benzene rings is 1. The van der Waals surface area contributed by atoms with E-state index in [-0.39, 0.29) is 30.1 Å². The van der Waals surface area contributed by atoms with Crippen molar-refractivity contribution >= 4 is 17.8 Å². The number of fused-ring (bicyclic) bond motifs is 1. The summed E-state index contributed by atoms with van der Waals surface area (Å²) < 4.78 is 18.0. The van der Waals surface area contributed by atoms with E-state index in [0.29, 0.717) is 22.9 Å². The molecule has 8 heteroatoms. The maximum absolute atomic E-state index is 13.4. The smallest absolute Gasteiger partial charge is 0.340 e. The third kappa shape index (κ3) is 3.86. The Morgan fingerprint density at radius 2 is 1.82 bits per heavy atom. The van der Waals surface area contributed by atoms with Gasteiger partial charge >= 0.3 is 5.97 Å². The lowest BCUT2D eigenvalue weighted by molar-refractivity contribution is 0.0523. The molecule has 174 valence electrons. The minimum atomic E-state index is -0.592. The molecule has 4 rings (SSSR count). The van der Waals surface area contributed by atoms with E-state index in [0.717, 1.165) is 22.6 Å². The fraction of sp³-hybridized carbons (Fsp3) is 0.269. The molecule has 0 amide bonds. The quantitative estimate of drug-likeness (QED) is 0.247. The normalized spacial score (nSPS) is 12.5. The number of Topliss-reactive ketones (excluding diaryl/α,β-unsaturated/α-hetero) is 1. The first-order valence-corrected chi connectivity index (χ1v) is 10.9. The van der Waals surface area contributed by atoms with Gasteiger partial charge in [-0.1, -0.05) is 0 Å². The average molecular weight is 460 g/mol. The van der Waals surface area contributed by atoms with Gasteiger partial charge in [0.2, 0.25) is 12.6 Å². The van der Waals surface area contributed by atoms with Gasteiger partial charge in [0.15, 0.2) is 11.5 Å². The van der Waals surface area contributed by atoms with Gasteiger partial charge < -0.3 is 23.8 Å². The van der Waals surface area contributed by atoms with Crippen LogP contribution in [0.15, 0.2) is 29.8 Å². The third-order valence-electron chi connectivity index (χ3n) is 5.83. The van der Waals surface area contributed by atoms with E-state index in [1.165, 1.54) is 0 Å². The number of nitriles is 1. The van der Waals surface area contributed by atoms with Crippen LogP contribution in [0.2, 0.25) is 0 Å². The molecule has 3 heterocycles. The van der Waals surface area contributed by atoms with Crippen LogP contribution in [0, 0.1) is 39.0 Å². The number of hydrogen-bond acceptors (Lipinski definition) is 6. The van der Waals surface area contributed by atoms with E-state index in [1.807, 2.05) is 48.7 Å². The van der Waals surface area contributed by atoms with Crippen molar-refractivity contribution in [2.45, 2.75) is 34.6 Å². The summed E-state index contributed by atoms with van der Waals surface area (Å²) in [5.74, 6) is 0.240. The Kier molecular flexibility index (Phi) is 6.03. The highest BCUT2D eigenvalue weighted by Gasteiger charge is 2.28. The van der Waals surface area contributed by atoms with E-state index in [1.54, 1.807) is 26.8 Å². The molecular weight excluding hydrogens is 434 g/mol. The van der Waals surface area contributed by atoms with E-state index >= 15 is 0 Å². The van der Waals surface area contributed by atoms with Crippen LogP contribution >= 0.6 is 0 Å². The van der Waals surface area contributed by atoms with Gasteiger partial charge in [-0.3, -0.25) is 4.79 Å². The van der Waals surface area contributed by atoms with Crippen molar-refractivity contribution in [2.75, 3.05) is 13.4 Å². The predicted octanol–water partition coefficient (Wildman–Crippen LogP) is 4.73. The van der Waals surface area contributed by atoms with E-state index in [2.05, 4.69) is 4.98 Å². The second-order valence-corrected chi connectivity index (χ2v) is 8.04. The predicted molar refractivity (Wildman–Crippen MR) is 126 cm³/mol. The van der Waals surface area contributed by atoms with E-state index in [9.17, 15) is 14.9 Å². The molecule has 34 heavy (non-hydrogen) atoms. The van der Waals surface area contributed by atoms with Crippen molar-refractivity contribution < 1.29 is 23.8 Å². The van der Waals surface area contributed by atoms with Crippen molar-refractivity contribution in [2.24, 2.45) is 0 Å². The lowest BCUT2D eigenvalue weighted by Crippen LogP contribution is -2.13. The number of carbonyl (C=O) groups is 2. The molecule has 0 fully saturated rings. The lowest BCUT2D eigenvalue weighted by Gasteiger charge is -2.10. The van der Waals surface area contributed by atoms with Crippen molar-refractivity contribution in [3.8, 4) is 23.3 Å². The Hall–Kier alpha value is -4.25. The van der Waals surface area contributed by atoms with Crippen LogP contribution in [0.1, 0.15) is 56.0 Å². The zero-order valence-corrected chi connectivity index (χ0v) is 19.7. The summed E-state index contributed by atoms with van der Waals surface area (Å²) in [6, 6.07) is 9.59. The summed E-state index contributed by atoms with van der Waals surface area (Å²) in [6.45, 7) is 9.33. The number of rotatable bonds is 6. The van der Waals surface area contributed by atoms with Crippen LogP contribution in [-0.4, -0.2) is 34.7 Å². The summed E-state index contributed by atoms with van der Waals surface area (Å²) >= 11 is 0. The van der Waals surface area contributed by atoms with Crippen LogP contribution in [0.5, 0.6) is 11.5 Å². The number of aromatic nitrogens is 2. The number of nitrogens with one attached hydrogen (secondary N) is 1. The SMILES string of the molecule is CCOC(=O)c1c(C)[nH]c(C)c1C(=O)/C(C#N)=C/c1cc(C)n(-c2ccc3c(c2)OCO3)c1C. The standard InChI is InChI=1S/C26H25N3O5/c1-6-32-26(31)24-16(4)28-15(3)23(24)25(30)19(12-27)10-18-9-14(2)29(17(18)5)20-7-8-21-22(11-20)34-13-33-21/h7-11,28H,6,13H2,1-5H3/b19-10+. The van der Waals surface area contributed by atoms with Gasteiger partial charge in [0.1, 0.15) is 11.6 Å². The summed E-state index contributed by atoms with van der Waals surface area (Å²) in [5, 5.41) is 9.84. The summed E-state index contributed by atoms with van der Waals surface area (Å²) in [6.07, 6.45) is 1.56. The Morgan fingerprint density at radius 3 is 2.53 bits per heavy atom. The molecule has 1 aliphatic rings. The number of aromatic amines is 1. The number of ketones is 1. The fourth-order valence-corrected chi connectivity index (χ4v) is 4.32. The van der Waals surface area contributed by atoms with E-state index in [4.69, 9.17) is 14.2 Å². The molecule has 2 aromatic heterocycles. The molecule has 1 aliphatic heterocycles.